The van der Waals surface area contributed by atoms with E-state index in [0.29, 0.717) is 0 Å². The Morgan fingerprint density at radius 2 is 1.75 bits per heavy atom. The van der Waals surface area contributed by atoms with E-state index in [1.165, 1.54) is 17.0 Å². The van der Waals surface area contributed by atoms with Gasteiger partial charge in [-0.2, -0.15) is 4.57 Å². The molecule has 2 rings (SSSR count). The molecule has 20 heavy (non-hydrogen) atoms. The summed E-state index contributed by atoms with van der Waals surface area (Å²) in [5.41, 5.74) is 3.58. The summed E-state index contributed by atoms with van der Waals surface area (Å²) in [4.78, 5) is 0. The topological polar surface area (TPSA) is 13.1 Å². The van der Waals surface area contributed by atoms with E-state index in [1.54, 1.807) is 7.11 Å². The van der Waals surface area contributed by atoms with Crippen LogP contribution in [0.3, 0.4) is 0 Å². The average molecular weight is 381 g/mol. The van der Waals surface area contributed by atoms with E-state index in [9.17, 15) is 0 Å². The molecule has 0 spiro atoms. The van der Waals surface area contributed by atoms with Gasteiger partial charge >= 0.3 is 0 Å². The van der Waals surface area contributed by atoms with E-state index in [0.717, 1.165) is 12.2 Å². The number of hydrogen-bond donors (Lipinski definition) is 0. The number of pyridine rings is 1. The number of benzene rings is 1. The van der Waals surface area contributed by atoms with Crippen LogP contribution in [0.25, 0.3) is 12.2 Å². The van der Waals surface area contributed by atoms with Gasteiger partial charge in [-0.15, -0.1) is 0 Å². The zero-order valence-electron chi connectivity index (χ0n) is 12.1. The van der Waals surface area contributed by atoms with Gasteiger partial charge < -0.3 is 28.7 Å². The molecule has 0 atom stereocenters. The molecule has 0 N–H and O–H groups in total. The molecule has 0 unspecified atom stereocenters. The number of methoxy groups -OCH3 is 1. The first-order valence-electron chi connectivity index (χ1n) is 6.55. The highest BCUT2D eigenvalue weighted by atomic mass is 127. The first kappa shape index (κ1) is 16.7. The first-order chi connectivity index (χ1) is 9.26. The molecular formula is C17H20INO. The van der Waals surface area contributed by atoms with Gasteiger partial charge in [-0.3, -0.25) is 0 Å². The molecule has 1 aromatic carbocycles. The second-order valence-electron chi connectivity index (χ2n) is 4.43. The van der Waals surface area contributed by atoms with Gasteiger partial charge in [0.2, 0.25) is 11.4 Å². The highest BCUT2D eigenvalue weighted by molar-refractivity contribution is 5.66. The van der Waals surface area contributed by atoms with Crippen LogP contribution in [0, 0.1) is 0 Å². The van der Waals surface area contributed by atoms with Crippen molar-refractivity contribution in [1.29, 1.82) is 0 Å². The van der Waals surface area contributed by atoms with Crippen molar-refractivity contribution in [1.82, 2.24) is 0 Å². The number of hydrogen-bond acceptors (Lipinski definition) is 1. The molecule has 2 aromatic rings. The van der Waals surface area contributed by atoms with Gasteiger partial charge in [-0.05, 0) is 17.7 Å². The molecule has 106 valence electrons. The van der Waals surface area contributed by atoms with Crippen LogP contribution in [0.1, 0.15) is 23.9 Å². The Hall–Kier alpha value is -1.36. The lowest BCUT2D eigenvalue weighted by Gasteiger charge is -2.06. The van der Waals surface area contributed by atoms with Crippen LogP contribution in [0.2, 0.25) is 0 Å². The van der Waals surface area contributed by atoms with E-state index < -0.39 is 0 Å². The zero-order valence-corrected chi connectivity index (χ0v) is 14.3. The number of rotatable bonds is 4. The van der Waals surface area contributed by atoms with E-state index >= 15 is 0 Å². The van der Waals surface area contributed by atoms with Gasteiger partial charge in [0.25, 0.3) is 0 Å². The van der Waals surface area contributed by atoms with Crippen molar-refractivity contribution in [2.24, 2.45) is 7.05 Å². The van der Waals surface area contributed by atoms with Crippen LogP contribution in [0.4, 0.5) is 0 Å². The molecule has 0 aliphatic carbocycles. The van der Waals surface area contributed by atoms with Crippen LogP contribution in [0.5, 0.6) is 5.75 Å². The molecule has 0 saturated carbocycles. The lowest BCUT2D eigenvalue weighted by Crippen LogP contribution is -3.00. The summed E-state index contributed by atoms with van der Waals surface area (Å²) < 4.78 is 7.57. The van der Waals surface area contributed by atoms with Gasteiger partial charge in [-0.25, -0.2) is 0 Å². The Kier molecular flexibility index (Phi) is 6.71. The molecule has 3 heteroatoms. The Labute approximate surface area is 138 Å². The summed E-state index contributed by atoms with van der Waals surface area (Å²) in [7, 11) is 3.79. The molecule has 2 nitrogen and oxygen atoms in total. The summed E-state index contributed by atoms with van der Waals surface area (Å²) in [5.74, 6) is 0.946. The van der Waals surface area contributed by atoms with Crippen LogP contribution in [-0.4, -0.2) is 7.11 Å². The van der Waals surface area contributed by atoms with Gasteiger partial charge in [-0.1, -0.05) is 37.3 Å². The maximum absolute atomic E-state index is 5.39. The molecule has 0 radical (unpaired) electrons. The number of nitrogens with zero attached hydrogens (tertiary/aromatic N) is 1. The van der Waals surface area contributed by atoms with Gasteiger partial charge in [0.05, 0.1) is 7.11 Å². The van der Waals surface area contributed by atoms with Crippen LogP contribution >= 0.6 is 0 Å². The van der Waals surface area contributed by atoms with Crippen LogP contribution in [-0.2, 0) is 13.5 Å². The molecule has 0 aliphatic heterocycles. The van der Waals surface area contributed by atoms with E-state index in [4.69, 9.17) is 4.74 Å². The molecule has 0 fully saturated rings. The summed E-state index contributed by atoms with van der Waals surface area (Å²) in [6.07, 6.45) is 5.21. The van der Waals surface area contributed by atoms with E-state index in [-0.39, 0.29) is 24.0 Å². The highest BCUT2D eigenvalue weighted by Gasteiger charge is 2.15. The highest BCUT2D eigenvalue weighted by Crippen LogP contribution is 2.16. The first-order valence-corrected chi connectivity index (χ1v) is 6.55. The van der Waals surface area contributed by atoms with Crippen LogP contribution in [0.15, 0.2) is 42.5 Å². The number of ether oxygens (including phenoxy) is 1. The minimum atomic E-state index is 0. The van der Waals surface area contributed by atoms with Crippen molar-refractivity contribution in [3.63, 3.8) is 0 Å². The second-order valence-corrected chi connectivity index (χ2v) is 4.43. The fourth-order valence-electron chi connectivity index (χ4n) is 2.20. The van der Waals surface area contributed by atoms with Crippen molar-refractivity contribution in [2.75, 3.05) is 7.11 Å². The molecule has 0 amide bonds. The monoisotopic (exact) mass is 381 g/mol. The maximum Gasteiger partial charge on any atom is 0.223 e. The largest absolute Gasteiger partial charge is 1.00 e. The Balaban J connectivity index is 0.00000200. The standard InChI is InChI=1S/C17H20NO.HI/c1-4-16-17(19-3)13-12-15(18(16)2)11-10-14-8-6-5-7-9-14;/h5-13H,4H2,1-3H3;1H/q+1;/p-1/b11-10+;. The predicted octanol–water partition coefficient (Wildman–Crippen LogP) is 0.257. The molecular weight excluding hydrogens is 361 g/mol. The molecule has 0 aliphatic rings. The summed E-state index contributed by atoms with van der Waals surface area (Å²) in [5, 5.41) is 0. The number of halogens is 1. The Morgan fingerprint density at radius 1 is 1.05 bits per heavy atom. The van der Waals surface area contributed by atoms with E-state index in [1.807, 2.05) is 24.3 Å². The SMILES string of the molecule is CCc1c(OC)ccc(/C=C/c2ccccc2)[n+]1C.[I-]. The lowest BCUT2D eigenvalue weighted by molar-refractivity contribution is -0.681. The van der Waals surface area contributed by atoms with Crippen LogP contribution < -0.4 is 33.3 Å². The summed E-state index contributed by atoms with van der Waals surface area (Å²) in [6, 6.07) is 14.4. The fraction of sp³-hybridized carbons (Fsp3) is 0.235. The Bertz CT molecular complexity index is 579. The third-order valence-corrected chi connectivity index (χ3v) is 3.28. The molecule has 0 bridgehead atoms. The zero-order chi connectivity index (χ0) is 13.7. The fourth-order valence-corrected chi connectivity index (χ4v) is 2.20. The minimum absolute atomic E-state index is 0. The molecule has 1 aromatic heterocycles. The minimum Gasteiger partial charge on any atom is -1.00 e. The van der Waals surface area contributed by atoms with Gasteiger partial charge in [0, 0.05) is 18.6 Å². The van der Waals surface area contributed by atoms with Crippen molar-refractivity contribution < 1.29 is 33.3 Å². The second kappa shape index (κ2) is 8.04. The third-order valence-electron chi connectivity index (χ3n) is 3.28. The van der Waals surface area contributed by atoms with Crippen molar-refractivity contribution in [3.05, 3.63) is 59.4 Å². The van der Waals surface area contributed by atoms with Crippen molar-refractivity contribution in [3.8, 4) is 5.75 Å². The number of aromatic nitrogens is 1. The maximum atomic E-state index is 5.39. The smallest absolute Gasteiger partial charge is 0.223 e. The predicted molar refractivity (Wildman–Crippen MR) is 78.9 cm³/mol. The average Bonchev–Trinajstić information content (AvgIpc) is 2.46. The third kappa shape index (κ3) is 3.82. The Morgan fingerprint density at radius 3 is 2.35 bits per heavy atom. The summed E-state index contributed by atoms with van der Waals surface area (Å²) in [6.45, 7) is 2.14. The van der Waals surface area contributed by atoms with Gasteiger partial charge in [0.1, 0.15) is 7.05 Å². The molecule has 0 saturated heterocycles. The lowest BCUT2D eigenvalue weighted by atomic mass is 10.1. The summed E-state index contributed by atoms with van der Waals surface area (Å²) >= 11 is 0. The molecule has 1 heterocycles. The normalized spacial score (nSPS) is 10.3. The van der Waals surface area contributed by atoms with Crippen molar-refractivity contribution >= 4 is 12.2 Å². The van der Waals surface area contributed by atoms with Gasteiger partial charge in [0.15, 0.2) is 5.75 Å². The van der Waals surface area contributed by atoms with Crippen molar-refractivity contribution in [2.45, 2.75) is 13.3 Å². The van der Waals surface area contributed by atoms with E-state index in [2.05, 4.69) is 48.9 Å². The quantitative estimate of drug-likeness (QED) is 0.547.